The van der Waals surface area contributed by atoms with E-state index in [2.05, 4.69) is 64.3 Å². The van der Waals surface area contributed by atoms with Gasteiger partial charge in [0.05, 0.1) is 6.04 Å². The zero-order chi connectivity index (χ0) is 19.3. The second-order valence-electron chi connectivity index (χ2n) is 8.98. The first-order chi connectivity index (χ1) is 13.6. The molecule has 0 unspecified atom stereocenters. The normalized spacial score (nSPS) is 34.4. The number of carbonyl (C=O) groups excluding carboxylic acids is 1. The first-order valence-electron chi connectivity index (χ1n) is 10.5. The first-order valence-corrected chi connectivity index (χ1v) is 10.5. The van der Waals surface area contributed by atoms with Crippen LogP contribution in [0.3, 0.4) is 0 Å². The van der Waals surface area contributed by atoms with E-state index >= 15 is 0 Å². The molecule has 3 fully saturated rings. The van der Waals surface area contributed by atoms with Crippen LogP contribution < -0.4 is 0 Å². The van der Waals surface area contributed by atoms with Gasteiger partial charge in [0.2, 0.25) is 0 Å². The molecule has 5 nitrogen and oxygen atoms in total. The Balaban J connectivity index is 1.58. The van der Waals surface area contributed by atoms with Crippen molar-refractivity contribution in [1.82, 2.24) is 20.0 Å². The number of fused-ring (bicyclic) bond motifs is 1. The maximum atomic E-state index is 13.7. The van der Waals surface area contributed by atoms with Gasteiger partial charge in [-0.1, -0.05) is 37.3 Å². The summed E-state index contributed by atoms with van der Waals surface area (Å²) in [5, 5.41) is 8.13. The van der Waals surface area contributed by atoms with Crippen molar-refractivity contribution in [3.8, 4) is 0 Å². The van der Waals surface area contributed by atoms with Gasteiger partial charge in [-0.25, -0.2) is 0 Å². The van der Waals surface area contributed by atoms with Crippen LogP contribution in [0.4, 0.5) is 0 Å². The molecular formula is C23H28N4O. The zero-order valence-electron chi connectivity index (χ0n) is 16.7. The highest BCUT2D eigenvalue weighted by Gasteiger charge is 2.62. The van der Waals surface area contributed by atoms with Crippen molar-refractivity contribution in [3.05, 3.63) is 59.9 Å². The molecule has 1 amide bonds. The quantitative estimate of drug-likeness (QED) is 0.826. The highest BCUT2D eigenvalue weighted by Crippen LogP contribution is 2.56. The van der Waals surface area contributed by atoms with Crippen LogP contribution in [0.25, 0.3) is 0 Å². The zero-order valence-corrected chi connectivity index (χ0v) is 16.7. The molecule has 0 radical (unpaired) electrons. The number of hydrogen-bond donors (Lipinski definition) is 0. The third-order valence-corrected chi connectivity index (χ3v) is 7.59. The van der Waals surface area contributed by atoms with Crippen molar-refractivity contribution < 1.29 is 4.79 Å². The Morgan fingerprint density at radius 1 is 1.14 bits per heavy atom. The lowest BCUT2D eigenvalue weighted by molar-refractivity contribution is -0.0115. The number of likely N-dealkylation sites (tertiary alicyclic amines) is 2. The van der Waals surface area contributed by atoms with E-state index in [-0.39, 0.29) is 23.4 Å². The van der Waals surface area contributed by atoms with Crippen molar-refractivity contribution in [2.75, 3.05) is 7.05 Å². The maximum absolute atomic E-state index is 13.7. The van der Waals surface area contributed by atoms with Crippen LogP contribution in [0.2, 0.25) is 0 Å². The summed E-state index contributed by atoms with van der Waals surface area (Å²) in [6.07, 6.45) is 7.21. The van der Waals surface area contributed by atoms with Crippen LogP contribution in [-0.4, -0.2) is 57.1 Å². The average molecular weight is 377 g/mol. The molecule has 1 aromatic heterocycles. The number of hydrogen-bond acceptors (Lipinski definition) is 4. The number of rotatable bonds is 3. The number of carbonyl (C=O) groups is 1. The molecule has 3 aliphatic rings. The van der Waals surface area contributed by atoms with Crippen LogP contribution in [-0.2, 0) is 6.42 Å². The summed E-state index contributed by atoms with van der Waals surface area (Å²) in [4.78, 5) is 18.5. The summed E-state index contributed by atoms with van der Waals surface area (Å²) in [6.45, 7) is 2.41. The molecule has 0 N–H and O–H groups in total. The highest BCUT2D eigenvalue weighted by molar-refractivity contribution is 5.93. The van der Waals surface area contributed by atoms with Gasteiger partial charge in [0.25, 0.3) is 5.91 Å². The Labute approximate surface area is 166 Å². The molecule has 5 heteroatoms. The van der Waals surface area contributed by atoms with E-state index in [1.165, 1.54) is 24.8 Å². The average Bonchev–Trinajstić information content (AvgIpc) is 3.00. The fourth-order valence-electron chi connectivity index (χ4n) is 6.36. The van der Waals surface area contributed by atoms with Crippen LogP contribution in [0, 0.1) is 5.41 Å². The van der Waals surface area contributed by atoms with Crippen molar-refractivity contribution in [3.63, 3.8) is 0 Å². The third kappa shape index (κ3) is 2.60. The molecule has 1 aromatic carbocycles. The summed E-state index contributed by atoms with van der Waals surface area (Å²) in [5.41, 5.74) is 1.93. The summed E-state index contributed by atoms with van der Waals surface area (Å²) in [5.74, 6) is 0.0471. The summed E-state index contributed by atoms with van der Waals surface area (Å²) >= 11 is 0. The number of likely N-dealkylation sites (N-methyl/N-ethyl adjacent to an activating group) is 1. The van der Waals surface area contributed by atoms with E-state index in [1.807, 2.05) is 6.07 Å². The third-order valence-electron chi connectivity index (χ3n) is 7.59. The second kappa shape index (κ2) is 6.66. The van der Waals surface area contributed by atoms with Crippen LogP contribution in [0.1, 0.15) is 48.7 Å². The van der Waals surface area contributed by atoms with E-state index in [0.29, 0.717) is 17.8 Å². The van der Waals surface area contributed by atoms with Crippen LogP contribution in [0.5, 0.6) is 0 Å². The van der Waals surface area contributed by atoms with Crippen LogP contribution in [0.15, 0.2) is 48.7 Å². The summed E-state index contributed by atoms with van der Waals surface area (Å²) < 4.78 is 0. The molecule has 2 aromatic rings. The molecule has 2 saturated heterocycles. The monoisotopic (exact) mass is 376 g/mol. The Morgan fingerprint density at radius 3 is 2.68 bits per heavy atom. The second-order valence-corrected chi connectivity index (χ2v) is 8.98. The molecule has 5 rings (SSSR count). The van der Waals surface area contributed by atoms with Gasteiger partial charge in [-0.2, -0.15) is 5.10 Å². The number of piperidine rings is 1. The Hall–Kier alpha value is -2.27. The number of aromatic nitrogens is 2. The van der Waals surface area contributed by atoms with Crippen molar-refractivity contribution in [2.45, 2.75) is 63.2 Å². The lowest BCUT2D eigenvalue weighted by atomic mass is 9.64. The molecule has 0 spiro atoms. The van der Waals surface area contributed by atoms with E-state index in [0.717, 1.165) is 12.8 Å². The van der Waals surface area contributed by atoms with Crippen molar-refractivity contribution in [1.29, 1.82) is 0 Å². The van der Waals surface area contributed by atoms with Gasteiger partial charge in [0.15, 0.2) is 5.69 Å². The number of benzene rings is 1. The summed E-state index contributed by atoms with van der Waals surface area (Å²) in [7, 11) is 2.28. The molecular weight excluding hydrogens is 348 g/mol. The number of nitrogens with zero attached hydrogens (tertiary/aromatic N) is 4. The molecule has 5 atom stereocenters. The van der Waals surface area contributed by atoms with Gasteiger partial charge in [-0.15, -0.1) is 5.10 Å². The fraction of sp³-hybridized carbons (Fsp3) is 0.522. The predicted molar refractivity (Wildman–Crippen MR) is 108 cm³/mol. The van der Waals surface area contributed by atoms with E-state index in [4.69, 9.17) is 0 Å². The highest BCUT2D eigenvalue weighted by atomic mass is 16.2. The molecule has 28 heavy (non-hydrogen) atoms. The topological polar surface area (TPSA) is 49.3 Å². The minimum Gasteiger partial charge on any atom is -0.329 e. The minimum atomic E-state index is 0.0471. The molecule has 2 aliphatic heterocycles. The van der Waals surface area contributed by atoms with Gasteiger partial charge in [0, 0.05) is 29.7 Å². The van der Waals surface area contributed by atoms with E-state index in [1.54, 1.807) is 12.3 Å². The minimum absolute atomic E-state index is 0.0471. The Kier molecular flexibility index (Phi) is 4.23. The lowest BCUT2D eigenvalue weighted by Crippen LogP contribution is -2.62. The van der Waals surface area contributed by atoms with Gasteiger partial charge in [0.1, 0.15) is 0 Å². The van der Waals surface area contributed by atoms with Crippen LogP contribution >= 0.6 is 0 Å². The van der Waals surface area contributed by atoms with E-state index in [9.17, 15) is 4.79 Å². The Bertz CT molecular complexity index is 857. The smallest absolute Gasteiger partial charge is 0.274 e. The fourth-order valence-corrected chi connectivity index (χ4v) is 6.36. The SMILES string of the molecule is CN1[C@H]2CCC[C@H]3N(C(=O)c4cccnn4)[C@@H](Cc4ccccc4)[C@@H]1C[C@@]23C. The Morgan fingerprint density at radius 2 is 1.93 bits per heavy atom. The van der Waals surface area contributed by atoms with Crippen molar-refractivity contribution >= 4 is 5.91 Å². The molecule has 146 valence electrons. The number of amides is 1. The van der Waals surface area contributed by atoms with Gasteiger partial charge in [-0.05, 0) is 56.8 Å². The molecule has 3 heterocycles. The maximum Gasteiger partial charge on any atom is 0.274 e. The molecule has 2 bridgehead atoms. The summed E-state index contributed by atoms with van der Waals surface area (Å²) in [6, 6.07) is 15.6. The van der Waals surface area contributed by atoms with E-state index < -0.39 is 0 Å². The molecule has 1 saturated carbocycles. The van der Waals surface area contributed by atoms with Crippen molar-refractivity contribution in [2.24, 2.45) is 5.41 Å². The first kappa shape index (κ1) is 17.8. The predicted octanol–water partition coefficient (Wildman–Crippen LogP) is 3.18. The largest absolute Gasteiger partial charge is 0.329 e. The van der Waals surface area contributed by atoms with Gasteiger partial charge >= 0.3 is 0 Å². The lowest BCUT2D eigenvalue weighted by Gasteiger charge is -2.53. The van der Waals surface area contributed by atoms with Gasteiger partial charge < -0.3 is 4.90 Å². The van der Waals surface area contributed by atoms with Gasteiger partial charge in [-0.3, -0.25) is 9.69 Å². The molecule has 1 aliphatic carbocycles. The standard InChI is InChI=1S/C23H28N4O/c1-23-15-19-18(14-16-8-4-3-5-9-16)27(22(28)17-10-7-13-24-25-17)21(23)12-6-11-20(23)26(19)2/h3-5,7-10,13,18-21H,6,11-12,14-15H2,1-2H3/t18-,19-,20-,21+,23-/m0/s1.